The third-order valence-electron chi connectivity index (χ3n) is 5.76. The predicted molar refractivity (Wildman–Crippen MR) is 135 cm³/mol. The predicted octanol–water partition coefficient (Wildman–Crippen LogP) is 6.34. The molecule has 3 aromatic carbocycles. The number of carbonyl (C=O) groups excluding carboxylic acids is 1. The van der Waals surface area contributed by atoms with E-state index in [9.17, 15) is 4.79 Å². The molecule has 1 N–H and O–H groups in total. The second-order valence-electron chi connectivity index (χ2n) is 7.73. The smallest absolute Gasteiger partial charge is 0.338 e. The van der Waals surface area contributed by atoms with Gasteiger partial charge in [-0.1, -0.05) is 41.4 Å². The van der Waals surface area contributed by atoms with Crippen LogP contribution in [-0.2, 0) is 9.53 Å². The number of anilines is 1. The second-order valence-corrected chi connectivity index (χ2v) is 8.57. The van der Waals surface area contributed by atoms with E-state index in [1.165, 1.54) is 0 Å². The van der Waals surface area contributed by atoms with Gasteiger partial charge in [0.1, 0.15) is 5.75 Å². The molecule has 5 rings (SSSR count). The molecule has 0 amide bonds. The van der Waals surface area contributed by atoms with Gasteiger partial charge in [-0.05, 0) is 66.6 Å². The minimum atomic E-state index is -0.593. The molecule has 2 heterocycles. The van der Waals surface area contributed by atoms with Gasteiger partial charge in [-0.25, -0.2) is 9.78 Å². The van der Waals surface area contributed by atoms with E-state index >= 15 is 0 Å². The molecule has 0 saturated heterocycles. The molecule has 8 heteroatoms. The summed E-state index contributed by atoms with van der Waals surface area (Å²) in [7, 11) is 1.61. The number of halogens is 2. The van der Waals surface area contributed by atoms with Crippen LogP contribution in [-0.4, -0.2) is 29.2 Å². The number of nitrogens with zero attached hydrogens (tertiary/aromatic N) is 2. The summed E-state index contributed by atoms with van der Waals surface area (Å²) in [4.78, 5) is 18.3. The number of nitrogens with one attached hydrogen (secondary N) is 1. The zero-order valence-electron chi connectivity index (χ0n) is 18.5. The first-order valence-corrected chi connectivity index (χ1v) is 11.5. The molecule has 0 fully saturated rings. The maximum atomic E-state index is 13.5. The van der Waals surface area contributed by atoms with Crippen molar-refractivity contribution in [3.8, 4) is 5.75 Å². The largest absolute Gasteiger partial charge is 0.497 e. The topological polar surface area (TPSA) is 65.4 Å². The van der Waals surface area contributed by atoms with E-state index in [0.717, 1.165) is 16.6 Å². The summed E-state index contributed by atoms with van der Waals surface area (Å²) in [5, 5.41) is 4.33. The lowest BCUT2D eigenvalue weighted by molar-refractivity contribution is -0.138. The quantitative estimate of drug-likeness (QED) is 0.328. The highest BCUT2D eigenvalue weighted by atomic mass is 35.5. The Labute approximate surface area is 206 Å². The molecule has 0 spiro atoms. The SMILES string of the molecule is CCOC(=O)C1=C(c2ccc(OC)cc2)Nc2nc3ccccc3n2[C@H]1c1ccc(Cl)cc1Cl. The fourth-order valence-corrected chi connectivity index (χ4v) is 4.78. The zero-order valence-corrected chi connectivity index (χ0v) is 20.0. The van der Waals surface area contributed by atoms with Gasteiger partial charge >= 0.3 is 5.97 Å². The van der Waals surface area contributed by atoms with Crippen LogP contribution in [0.2, 0.25) is 10.0 Å². The van der Waals surface area contributed by atoms with Crippen molar-refractivity contribution in [3.63, 3.8) is 0 Å². The van der Waals surface area contributed by atoms with E-state index < -0.39 is 12.0 Å². The third-order valence-corrected chi connectivity index (χ3v) is 6.33. The van der Waals surface area contributed by atoms with Gasteiger partial charge in [-0.3, -0.25) is 4.57 Å². The van der Waals surface area contributed by atoms with Crippen molar-refractivity contribution in [1.29, 1.82) is 0 Å². The monoisotopic (exact) mass is 493 g/mol. The van der Waals surface area contributed by atoms with Gasteiger partial charge in [0.05, 0.1) is 42.1 Å². The number of fused-ring (bicyclic) bond motifs is 3. The second kappa shape index (κ2) is 9.05. The van der Waals surface area contributed by atoms with Gasteiger partial charge in [-0.15, -0.1) is 0 Å². The van der Waals surface area contributed by atoms with E-state index in [-0.39, 0.29) is 6.61 Å². The van der Waals surface area contributed by atoms with Crippen molar-refractivity contribution >= 4 is 51.8 Å². The van der Waals surface area contributed by atoms with Crippen LogP contribution in [0.4, 0.5) is 5.95 Å². The zero-order chi connectivity index (χ0) is 23.8. The lowest BCUT2D eigenvalue weighted by atomic mass is 9.92. The van der Waals surface area contributed by atoms with E-state index in [4.69, 9.17) is 37.7 Å². The molecule has 1 aliphatic rings. The Bertz CT molecular complexity index is 1430. The van der Waals surface area contributed by atoms with Crippen LogP contribution in [0.15, 0.2) is 72.3 Å². The number of para-hydroxylation sites is 2. The van der Waals surface area contributed by atoms with Crippen molar-refractivity contribution in [2.45, 2.75) is 13.0 Å². The Morgan fingerprint density at radius 3 is 2.56 bits per heavy atom. The number of carbonyl (C=O) groups is 1. The molecule has 172 valence electrons. The summed E-state index contributed by atoms with van der Waals surface area (Å²) in [6.45, 7) is 2.01. The van der Waals surface area contributed by atoms with Gasteiger partial charge in [0.25, 0.3) is 0 Å². The van der Waals surface area contributed by atoms with E-state index in [0.29, 0.717) is 38.6 Å². The van der Waals surface area contributed by atoms with E-state index in [2.05, 4.69) is 5.32 Å². The van der Waals surface area contributed by atoms with Crippen LogP contribution >= 0.6 is 23.2 Å². The number of benzene rings is 3. The summed E-state index contributed by atoms with van der Waals surface area (Å²) >= 11 is 12.9. The third kappa shape index (κ3) is 3.79. The average molecular weight is 494 g/mol. The molecule has 1 aliphatic heterocycles. The molecule has 0 unspecified atom stereocenters. The Hall–Kier alpha value is -3.48. The maximum absolute atomic E-state index is 13.5. The van der Waals surface area contributed by atoms with Crippen molar-refractivity contribution in [2.75, 3.05) is 19.0 Å². The van der Waals surface area contributed by atoms with Gasteiger partial charge < -0.3 is 14.8 Å². The highest BCUT2D eigenvalue weighted by molar-refractivity contribution is 6.35. The molecule has 6 nitrogen and oxygen atoms in total. The van der Waals surface area contributed by atoms with Gasteiger partial charge in [0.2, 0.25) is 5.95 Å². The van der Waals surface area contributed by atoms with Gasteiger partial charge in [0.15, 0.2) is 0 Å². The standard InChI is InChI=1S/C26H21Cl2N3O3/c1-3-34-25(32)22-23(15-8-11-17(33-2)12-9-15)30-26-29-20-6-4-5-7-21(20)31(26)24(22)18-13-10-16(27)14-19(18)28/h4-14,24H,3H2,1-2H3,(H,29,30)/t24-/m0/s1. The van der Waals surface area contributed by atoms with Crippen LogP contribution < -0.4 is 10.1 Å². The number of hydrogen-bond donors (Lipinski definition) is 1. The first-order valence-electron chi connectivity index (χ1n) is 10.8. The molecule has 34 heavy (non-hydrogen) atoms. The number of aromatic nitrogens is 2. The highest BCUT2D eigenvalue weighted by Crippen LogP contribution is 2.44. The van der Waals surface area contributed by atoms with Gasteiger partial charge in [-0.2, -0.15) is 0 Å². The number of ether oxygens (including phenoxy) is 2. The minimum absolute atomic E-state index is 0.233. The summed E-state index contributed by atoms with van der Waals surface area (Å²) in [5.74, 6) is 0.860. The fraction of sp³-hybridized carbons (Fsp3) is 0.154. The number of esters is 1. The Morgan fingerprint density at radius 2 is 1.85 bits per heavy atom. The number of hydrogen-bond acceptors (Lipinski definition) is 5. The molecule has 0 bridgehead atoms. The Balaban J connectivity index is 1.83. The van der Waals surface area contributed by atoms with Crippen LogP contribution in [0.1, 0.15) is 24.1 Å². The Kier molecular flexibility index (Phi) is 5.94. The molecule has 1 aromatic heterocycles. The van der Waals surface area contributed by atoms with Crippen molar-refractivity contribution in [1.82, 2.24) is 9.55 Å². The molecule has 0 saturated carbocycles. The van der Waals surface area contributed by atoms with E-state index in [1.54, 1.807) is 26.2 Å². The average Bonchev–Trinajstić information content (AvgIpc) is 3.22. The molecule has 0 aliphatic carbocycles. The van der Waals surface area contributed by atoms with Crippen molar-refractivity contribution in [3.05, 3.63) is 93.5 Å². The van der Waals surface area contributed by atoms with E-state index in [1.807, 2.05) is 59.2 Å². The lowest BCUT2D eigenvalue weighted by Gasteiger charge is -2.32. The molecular weight excluding hydrogens is 473 g/mol. The first kappa shape index (κ1) is 22.3. The van der Waals surface area contributed by atoms with Crippen molar-refractivity contribution < 1.29 is 14.3 Å². The Morgan fingerprint density at radius 1 is 1.09 bits per heavy atom. The number of methoxy groups -OCH3 is 1. The number of rotatable bonds is 5. The highest BCUT2D eigenvalue weighted by Gasteiger charge is 2.37. The van der Waals surface area contributed by atoms with Crippen LogP contribution in [0, 0.1) is 0 Å². The molecule has 1 atom stereocenters. The van der Waals surface area contributed by atoms with Crippen LogP contribution in [0.5, 0.6) is 5.75 Å². The summed E-state index contributed by atoms with van der Waals surface area (Å²) in [5.41, 5.74) is 4.17. The summed E-state index contributed by atoms with van der Waals surface area (Å²) < 4.78 is 12.8. The van der Waals surface area contributed by atoms with Crippen LogP contribution in [0.3, 0.4) is 0 Å². The first-order chi connectivity index (χ1) is 16.5. The number of imidazole rings is 1. The normalized spacial score (nSPS) is 15.1. The maximum Gasteiger partial charge on any atom is 0.338 e. The van der Waals surface area contributed by atoms with Gasteiger partial charge in [0, 0.05) is 10.0 Å². The molecular formula is C26H21Cl2N3O3. The summed E-state index contributed by atoms with van der Waals surface area (Å²) in [6, 6.07) is 19.9. The van der Waals surface area contributed by atoms with Crippen molar-refractivity contribution in [2.24, 2.45) is 0 Å². The van der Waals surface area contributed by atoms with Crippen LogP contribution in [0.25, 0.3) is 16.7 Å². The molecule has 0 radical (unpaired) electrons. The minimum Gasteiger partial charge on any atom is -0.497 e. The fourth-order valence-electron chi connectivity index (χ4n) is 4.26. The lowest BCUT2D eigenvalue weighted by Crippen LogP contribution is -2.29. The summed E-state index contributed by atoms with van der Waals surface area (Å²) in [6.07, 6.45) is 0. The molecule has 4 aromatic rings.